The second-order valence-corrected chi connectivity index (χ2v) is 7.43. The monoisotopic (exact) mass is 401 g/mol. The highest BCUT2D eigenvalue weighted by Gasteiger charge is 2.64. The Labute approximate surface area is 173 Å². The van der Waals surface area contributed by atoms with Gasteiger partial charge in [-0.1, -0.05) is 48.5 Å². The number of carbonyl (C=O) groups is 3. The number of hydrazone groups is 1. The van der Waals surface area contributed by atoms with E-state index in [1.54, 1.807) is 65.8 Å². The number of rotatable bonds is 4. The molecule has 3 heterocycles. The number of Topliss-reactive ketones (excluding diaryl/α,β-unsaturated/α-hetero) is 1. The molecule has 5 rings (SSSR count). The molecule has 2 amide bonds. The van der Waals surface area contributed by atoms with Gasteiger partial charge in [0.2, 0.25) is 11.8 Å². The van der Waals surface area contributed by atoms with Crippen molar-refractivity contribution in [1.29, 1.82) is 0 Å². The molecule has 2 fully saturated rings. The number of carbonyl (C=O) groups excluding carboxylic acids is 3. The van der Waals surface area contributed by atoms with Crippen molar-refractivity contribution in [1.82, 2.24) is 5.01 Å². The number of nitrogens with zero attached hydrogens (tertiary/aromatic N) is 3. The van der Waals surface area contributed by atoms with Gasteiger partial charge in [-0.05, 0) is 18.2 Å². The van der Waals surface area contributed by atoms with Crippen molar-refractivity contribution in [3.8, 4) is 5.75 Å². The molecule has 3 aliphatic rings. The summed E-state index contributed by atoms with van der Waals surface area (Å²) in [4.78, 5) is 41.6. The summed E-state index contributed by atoms with van der Waals surface area (Å²) in [7, 11) is 1.49. The Kier molecular flexibility index (Phi) is 4.24. The number of allylic oxidation sites excluding steroid dienone is 1. The lowest BCUT2D eigenvalue weighted by molar-refractivity contribution is -0.123. The maximum Gasteiger partial charge on any atom is 0.240 e. The summed E-state index contributed by atoms with van der Waals surface area (Å²) in [5.41, 5.74) is 0.882. The van der Waals surface area contributed by atoms with Crippen molar-refractivity contribution < 1.29 is 19.1 Å². The zero-order valence-corrected chi connectivity index (χ0v) is 16.2. The maximum absolute atomic E-state index is 13.6. The van der Waals surface area contributed by atoms with Crippen LogP contribution in [0.4, 0.5) is 5.69 Å². The van der Waals surface area contributed by atoms with Gasteiger partial charge in [0.25, 0.3) is 0 Å². The summed E-state index contributed by atoms with van der Waals surface area (Å²) in [6.07, 6.45) is 5.16. The zero-order chi connectivity index (χ0) is 20.8. The summed E-state index contributed by atoms with van der Waals surface area (Å²) < 4.78 is 5.37. The molecule has 4 atom stereocenters. The van der Waals surface area contributed by atoms with E-state index in [1.165, 1.54) is 12.0 Å². The maximum atomic E-state index is 13.6. The van der Waals surface area contributed by atoms with Gasteiger partial charge in [-0.15, -0.1) is 0 Å². The molecular formula is C23H19N3O4. The summed E-state index contributed by atoms with van der Waals surface area (Å²) in [5.74, 6) is -2.03. The lowest BCUT2D eigenvalue weighted by atomic mass is 9.86. The van der Waals surface area contributed by atoms with Crippen molar-refractivity contribution >= 4 is 29.5 Å². The normalized spacial score (nSPS) is 26.7. The number of imide groups is 1. The van der Waals surface area contributed by atoms with Crippen LogP contribution in [-0.4, -0.2) is 48.0 Å². The number of anilines is 1. The van der Waals surface area contributed by atoms with Crippen LogP contribution in [0.15, 0.2) is 71.9 Å². The van der Waals surface area contributed by atoms with Gasteiger partial charge in [0.1, 0.15) is 11.8 Å². The average molecular weight is 401 g/mol. The second kappa shape index (κ2) is 6.95. The topological polar surface area (TPSA) is 79.3 Å². The molecule has 0 saturated carbocycles. The Morgan fingerprint density at radius 3 is 2.43 bits per heavy atom. The average Bonchev–Trinajstić information content (AvgIpc) is 3.26. The summed E-state index contributed by atoms with van der Waals surface area (Å²) in [6.45, 7) is 0. The predicted molar refractivity (Wildman–Crippen MR) is 110 cm³/mol. The molecule has 150 valence electrons. The Hall–Kier alpha value is -3.74. The van der Waals surface area contributed by atoms with E-state index in [9.17, 15) is 14.4 Å². The molecule has 0 spiro atoms. The van der Waals surface area contributed by atoms with Crippen molar-refractivity contribution in [2.45, 2.75) is 12.1 Å². The third kappa shape index (κ3) is 2.51. The SMILES string of the molecule is COc1ccccc1N1C(=O)[C@@H]2[C@@H](C1=O)[C@@H](C(=O)c1ccccc1)N1N=CC=C[C@H]21. The van der Waals surface area contributed by atoms with Crippen LogP contribution < -0.4 is 9.64 Å². The Bertz CT molecular complexity index is 1090. The number of benzene rings is 2. The molecule has 30 heavy (non-hydrogen) atoms. The molecule has 7 nitrogen and oxygen atoms in total. The fraction of sp³-hybridized carbons (Fsp3) is 0.217. The predicted octanol–water partition coefficient (Wildman–Crippen LogP) is 2.29. The van der Waals surface area contributed by atoms with E-state index in [0.29, 0.717) is 17.0 Å². The van der Waals surface area contributed by atoms with Gasteiger partial charge in [-0.3, -0.25) is 19.4 Å². The first-order chi connectivity index (χ1) is 14.6. The fourth-order valence-electron chi connectivity index (χ4n) is 4.66. The number of amides is 2. The molecule has 0 aliphatic carbocycles. The van der Waals surface area contributed by atoms with Crippen LogP contribution in [0.1, 0.15) is 10.4 Å². The summed E-state index contributed by atoms with van der Waals surface area (Å²) in [5, 5.41) is 5.97. The smallest absolute Gasteiger partial charge is 0.240 e. The third-order valence-electron chi connectivity index (χ3n) is 5.94. The van der Waals surface area contributed by atoms with Crippen LogP contribution in [0, 0.1) is 11.8 Å². The fourth-order valence-corrected chi connectivity index (χ4v) is 4.66. The first-order valence-corrected chi connectivity index (χ1v) is 9.72. The molecular weight excluding hydrogens is 382 g/mol. The van der Waals surface area contributed by atoms with E-state index in [4.69, 9.17) is 4.74 Å². The van der Waals surface area contributed by atoms with E-state index in [2.05, 4.69) is 5.10 Å². The minimum absolute atomic E-state index is 0.219. The van der Waals surface area contributed by atoms with Crippen molar-refractivity contribution in [2.75, 3.05) is 12.0 Å². The Morgan fingerprint density at radius 2 is 1.67 bits per heavy atom. The van der Waals surface area contributed by atoms with Gasteiger partial charge in [0.05, 0.1) is 30.7 Å². The van der Waals surface area contributed by atoms with Crippen LogP contribution in [0.2, 0.25) is 0 Å². The molecule has 7 heteroatoms. The lowest BCUT2D eigenvalue weighted by Crippen LogP contribution is -2.46. The quantitative estimate of drug-likeness (QED) is 0.580. The van der Waals surface area contributed by atoms with Gasteiger partial charge in [-0.25, -0.2) is 4.90 Å². The van der Waals surface area contributed by atoms with Gasteiger partial charge < -0.3 is 4.74 Å². The van der Waals surface area contributed by atoms with Crippen molar-refractivity contribution in [3.63, 3.8) is 0 Å². The molecule has 0 radical (unpaired) electrons. The highest BCUT2D eigenvalue weighted by molar-refractivity contribution is 6.25. The molecule has 0 bridgehead atoms. The van der Waals surface area contributed by atoms with Gasteiger partial charge >= 0.3 is 0 Å². The Morgan fingerprint density at radius 1 is 0.967 bits per heavy atom. The molecule has 2 saturated heterocycles. The highest BCUT2D eigenvalue weighted by atomic mass is 16.5. The van der Waals surface area contributed by atoms with Crippen LogP contribution >= 0.6 is 0 Å². The largest absolute Gasteiger partial charge is 0.495 e. The number of ether oxygens (including phenoxy) is 1. The van der Waals surface area contributed by atoms with Gasteiger partial charge in [-0.2, -0.15) is 5.10 Å². The van der Waals surface area contributed by atoms with Crippen molar-refractivity contribution in [2.24, 2.45) is 16.9 Å². The minimum Gasteiger partial charge on any atom is -0.495 e. The second-order valence-electron chi connectivity index (χ2n) is 7.43. The number of para-hydroxylation sites is 2. The number of ketones is 1. The van der Waals surface area contributed by atoms with Crippen LogP contribution in [0.3, 0.4) is 0 Å². The molecule has 0 aromatic heterocycles. The summed E-state index contributed by atoms with van der Waals surface area (Å²) in [6, 6.07) is 14.4. The van der Waals surface area contributed by atoms with E-state index in [0.717, 1.165) is 0 Å². The third-order valence-corrected chi connectivity index (χ3v) is 5.94. The molecule has 2 aromatic carbocycles. The first-order valence-electron chi connectivity index (χ1n) is 9.72. The standard InChI is InChI=1S/C23H19N3O4/c1-30-17-12-6-5-10-15(17)25-22(28)18-16-11-7-13-24-26(16)20(19(18)23(25)29)21(27)14-8-3-2-4-9-14/h2-13,16,18-20H,1H3/t16-,18+,19-,20+/m1/s1. The van der Waals surface area contributed by atoms with E-state index in [1.807, 2.05) is 12.1 Å². The van der Waals surface area contributed by atoms with Crippen molar-refractivity contribution in [3.05, 3.63) is 72.3 Å². The van der Waals surface area contributed by atoms with E-state index < -0.39 is 29.8 Å². The first kappa shape index (κ1) is 18.3. The molecule has 3 aliphatic heterocycles. The van der Waals surface area contributed by atoms with E-state index >= 15 is 0 Å². The Balaban J connectivity index is 1.60. The van der Waals surface area contributed by atoms with Crippen LogP contribution in [0.25, 0.3) is 0 Å². The zero-order valence-electron chi connectivity index (χ0n) is 16.2. The lowest BCUT2D eigenvalue weighted by Gasteiger charge is -2.30. The van der Waals surface area contributed by atoms with Crippen LogP contribution in [0.5, 0.6) is 5.75 Å². The van der Waals surface area contributed by atoms with Gasteiger partial charge in [0.15, 0.2) is 5.78 Å². The molecule has 0 N–H and O–H groups in total. The number of hydrogen-bond donors (Lipinski definition) is 0. The number of fused-ring (bicyclic) bond motifs is 3. The minimum atomic E-state index is -0.847. The molecule has 0 unspecified atom stereocenters. The number of methoxy groups -OCH3 is 1. The summed E-state index contributed by atoms with van der Waals surface area (Å²) >= 11 is 0. The molecule has 2 aromatic rings. The van der Waals surface area contributed by atoms with E-state index in [-0.39, 0.29) is 11.7 Å². The number of hydrogen-bond acceptors (Lipinski definition) is 6. The van der Waals surface area contributed by atoms with Gasteiger partial charge in [0, 0.05) is 11.8 Å². The van der Waals surface area contributed by atoms with Crippen LogP contribution in [-0.2, 0) is 9.59 Å². The highest BCUT2D eigenvalue weighted by Crippen LogP contribution is 2.47.